The predicted octanol–water partition coefficient (Wildman–Crippen LogP) is 4.01. The van der Waals surface area contributed by atoms with Crippen molar-refractivity contribution in [3.63, 3.8) is 0 Å². The molecular weight excluding hydrogens is 363 g/mol. The number of halogens is 1. The van der Waals surface area contributed by atoms with E-state index in [9.17, 15) is 14.5 Å². The summed E-state index contributed by atoms with van der Waals surface area (Å²) in [6.07, 6.45) is 3.91. The lowest BCUT2D eigenvalue weighted by Gasteiger charge is -2.15. The molecule has 28 heavy (non-hydrogen) atoms. The Labute approximate surface area is 158 Å². The summed E-state index contributed by atoms with van der Waals surface area (Å²) < 4.78 is 15.1. The van der Waals surface area contributed by atoms with Gasteiger partial charge in [-0.15, -0.1) is 0 Å². The minimum Gasteiger partial charge on any atom is -0.358 e. The highest BCUT2D eigenvalue weighted by Gasteiger charge is 2.21. The van der Waals surface area contributed by atoms with Gasteiger partial charge in [-0.2, -0.15) is 0 Å². The van der Waals surface area contributed by atoms with Gasteiger partial charge in [0.05, 0.1) is 17.2 Å². The number of benzene rings is 1. The van der Waals surface area contributed by atoms with Crippen LogP contribution in [0.1, 0.15) is 18.5 Å². The van der Waals surface area contributed by atoms with E-state index in [0.717, 1.165) is 11.8 Å². The van der Waals surface area contributed by atoms with Gasteiger partial charge in [0.2, 0.25) is 5.82 Å². The number of nitrogens with zero attached hydrogens (tertiary/aromatic N) is 5. The van der Waals surface area contributed by atoms with Gasteiger partial charge in [0.15, 0.2) is 5.82 Å². The molecule has 0 aliphatic heterocycles. The second-order valence-corrected chi connectivity index (χ2v) is 6.18. The summed E-state index contributed by atoms with van der Waals surface area (Å²) in [7, 11) is 0. The van der Waals surface area contributed by atoms with Crippen molar-refractivity contribution in [2.24, 2.45) is 0 Å². The van der Waals surface area contributed by atoms with Crippen LogP contribution in [0, 0.1) is 15.9 Å². The smallest absolute Gasteiger partial charge is 0.329 e. The van der Waals surface area contributed by atoms with Crippen LogP contribution >= 0.6 is 0 Å². The summed E-state index contributed by atoms with van der Waals surface area (Å²) in [5.74, 6) is -0.158. The minimum atomic E-state index is -0.544. The first kappa shape index (κ1) is 17.5. The van der Waals surface area contributed by atoms with Gasteiger partial charge in [-0.25, -0.2) is 19.3 Å². The zero-order valence-electron chi connectivity index (χ0n) is 14.8. The average Bonchev–Trinajstić information content (AvgIpc) is 3.11. The molecule has 0 saturated carbocycles. The molecule has 1 N–H and O–H groups in total. The van der Waals surface area contributed by atoms with E-state index in [1.165, 1.54) is 28.9 Å². The molecule has 0 fully saturated rings. The van der Waals surface area contributed by atoms with E-state index in [0.29, 0.717) is 11.3 Å². The van der Waals surface area contributed by atoms with E-state index < -0.39 is 10.7 Å². The Hall–Kier alpha value is -3.88. The number of rotatable bonds is 5. The number of pyridine rings is 1. The van der Waals surface area contributed by atoms with Crippen LogP contribution in [0.15, 0.2) is 61.1 Å². The molecule has 0 aliphatic carbocycles. The number of hydrogen-bond donors (Lipinski definition) is 1. The maximum absolute atomic E-state index is 13.6. The standard InChI is InChI=1S/C19H15FN6O2/c1-12(13-5-3-2-4-6-13)23-19-16(26(27)28)10-22-18(24-19)15-9-21-17-8-7-14(20)11-25(15)17/h2-12H,1H3,(H,22,23,24)/t12-/m0/s1. The van der Waals surface area contributed by atoms with Crippen molar-refractivity contribution in [3.05, 3.63) is 82.6 Å². The highest BCUT2D eigenvalue weighted by Crippen LogP contribution is 2.28. The zero-order valence-corrected chi connectivity index (χ0v) is 14.8. The van der Waals surface area contributed by atoms with Crippen LogP contribution in [0.5, 0.6) is 0 Å². The zero-order chi connectivity index (χ0) is 19.7. The van der Waals surface area contributed by atoms with Crippen molar-refractivity contribution in [3.8, 4) is 11.5 Å². The monoisotopic (exact) mass is 378 g/mol. The Morgan fingerprint density at radius 3 is 2.68 bits per heavy atom. The largest absolute Gasteiger partial charge is 0.358 e. The van der Waals surface area contributed by atoms with Gasteiger partial charge in [-0.1, -0.05) is 30.3 Å². The number of nitrogens with one attached hydrogen (secondary N) is 1. The Morgan fingerprint density at radius 2 is 1.93 bits per heavy atom. The van der Waals surface area contributed by atoms with Crippen molar-refractivity contribution in [1.82, 2.24) is 19.4 Å². The van der Waals surface area contributed by atoms with Gasteiger partial charge in [0.25, 0.3) is 0 Å². The second-order valence-electron chi connectivity index (χ2n) is 6.18. The molecule has 1 aromatic carbocycles. The first-order chi connectivity index (χ1) is 13.5. The van der Waals surface area contributed by atoms with E-state index >= 15 is 0 Å². The van der Waals surface area contributed by atoms with Gasteiger partial charge in [0, 0.05) is 6.20 Å². The molecule has 3 heterocycles. The van der Waals surface area contributed by atoms with Gasteiger partial charge in [0.1, 0.15) is 23.4 Å². The van der Waals surface area contributed by atoms with Crippen LogP contribution in [0.3, 0.4) is 0 Å². The normalized spacial score (nSPS) is 12.1. The summed E-state index contributed by atoms with van der Waals surface area (Å²) in [4.78, 5) is 23.5. The average molecular weight is 378 g/mol. The van der Waals surface area contributed by atoms with Crippen molar-refractivity contribution < 1.29 is 9.31 Å². The molecule has 9 heteroatoms. The lowest BCUT2D eigenvalue weighted by molar-refractivity contribution is -0.384. The van der Waals surface area contributed by atoms with Crippen LogP contribution in [0.4, 0.5) is 15.9 Å². The Kier molecular flexibility index (Phi) is 4.40. The molecule has 140 valence electrons. The molecule has 0 amide bonds. The maximum atomic E-state index is 13.6. The van der Waals surface area contributed by atoms with E-state index in [2.05, 4.69) is 20.3 Å². The van der Waals surface area contributed by atoms with Gasteiger partial charge in [-0.3, -0.25) is 14.5 Å². The summed E-state index contributed by atoms with van der Waals surface area (Å²) in [5.41, 5.74) is 1.66. The number of fused-ring (bicyclic) bond motifs is 1. The maximum Gasteiger partial charge on any atom is 0.329 e. The Bertz CT molecular complexity index is 1160. The number of aromatic nitrogens is 4. The van der Waals surface area contributed by atoms with Crippen LogP contribution in [0.25, 0.3) is 17.2 Å². The van der Waals surface area contributed by atoms with Crippen molar-refractivity contribution in [1.29, 1.82) is 0 Å². The van der Waals surface area contributed by atoms with E-state index in [-0.39, 0.29) is 23.4 Å². The number of nitro groups is 1. The van der Waals surface area contributed by atoms with Crippen LogP contribution in [-0.2, 0) is 0 Å². The van der Waals surface area contributed by atoms with Gasteiger partial charge < -0.3 is 5.32 Å². The quantitative estimate of drug-likeness (QED) is 0.416. The minimum absolute atomic E-state index is 0.0812. The Morgan fingerprint density at radius 1 is 1.14 bits per heavy atom. The van der Waals surface area contributed by atoms with E-state index in [1.54, 1.807) is 0 Å². The van der Waals surface area contributed by atoms with E-state index in [4.69, 9.17) is 0 Å². The summed E-state index contributed by atoms with van der Waals surface area (Å²) in [6.45, 7) is 1.88. The molecule has 0 unspecified atom stereocenters. The van der Waals surface area contributed by atoms with Crippen LogP contribution in [-0.4, -0.2) is 24.3 Å². The third kappa shape index (κ3) is 3.25. The third-order valence-corrected chi connectivity index (χ3v) is 4.32. The second kappa shape index (κ2) is 7.03. The number of anilines is 1. The highest BCUT2D eigenvalue weighted by atomic mass is 19.1. The first-order valence-corrected chi connectivity index (χ1v) is 8.49. The summed E-state index contributed by atoms with van der Waals surface area (Å²) >= 11 is 0. The third-order valence-electron chi connectivity index (χ3n) is 4.32. The summed E-state index contributed by atoms with van der Waals surface area (Å²) in [6, 6.07) is 12.1. The topological polar surface area (TPSA) is 98.2 Å². The van der Waals surface area contributed by atoms with Crippen LogP contribution in [0.2, 0.25) is 0 Å². The van der Waals surface area contributed by atoms with Gasteiger partial charge in [-0.05, 0) is 24.6 Å². The van der Waals surface area contributed by atoms with Crippen molar-refractivity contribution >= 4 is 17.2 Å². The fraction of sp³-hybridized carbons (Fsp3) is 0.105. The van der Waals surface area contributed by atoms with Crippen LogP contribution < -0.4 is 5.32 Å². The molecule has 8 nitrogen and oxygen atoms in total. The van der Waals surface area contributed by atoms with E-state index in [1.807, 2.05) is 37.3 Å². The lowest BCUT2D eigenvalue weighted by Crippen LogP contribution is -2.11. The first-order valence-electron chi connectivity index (χ1n) is 8.49. The predicted molar refractivity (Wildman–Crippen MR) is 101 cm³/mol. The lowest BCUT2D eigenvalue weighted by atomic mass is 10.1. The molecule has 0 aliphatic rings. The molecule has 4 aromatic rings. The number of hydrogen-bond acceptors (Lipinski definition) is 6. The molecule has 0 radical (unpaired) electrons. The fourth-order valence-corrected chi connectivity index (χ4v) is 2.89. The molecule has 0 spiro atoms. The SMILES string of the molecule is C[C@H](Nc1nc(-c2cnc3ccc(F)cn23)ncc1[N+](=O)[O-])c1ccccc1. The van der Waals surface area contributed by atoms with Gasteiger partial charge >= 0.3 is 5.69 Å². The molecular formula is C19H15FN6O2. The molecule has 0 saturated heterocycles. The molecule has 3 aromatic heterocycles. The van der Waals surface area contributed by atoms with Crippen molar-refractivity contribution in [2.45, 2.75) is 13.0 Å². The Balaban J connectivity index is 1.77. The summed E-state index contributed by atoms with van der Waals surface area (Å²) in [5, 5.41) is 14.5. The molecule has 1 atom stereocenters. The highest BCUT2D eigenvalue weighted by molar-refractivity contribution is 5.63. The number of imidazole rings is 1. The fourth-order valence-electron chi connectivity index (χ4n) is 2.89. The molecule has 0 bridgehead atoms. The molecule has 4 rings (SSSR count). The van der Waals surface area contributed by atoms with Crippen molar-refractivity contribution in [2.75, 3.05) is 5.32 Å².